The first-order chi connectivity index (χ1) is 7.60. The number of aryl methyl sites for hydroxylation is 2. The largest absolute Gasteiger partial charge is 0.496 e. The highest BCUT2D eigenvalue weighted by atomic mass is 16.5. The van der Waals surface area contributed by atoms with E-state index in [0.29, 0.717) is 12.3 Å². The van der Waals surface area contributed by atoms with Gasteiger partial charge in [0, 0.05) is 6.42 Å². The number of methoxy groups -OCH3 is 1. The van der Waals surface area contributed by atoms with E-state index < -0.39 is 0 Å². The van der Waals surface area contributed by atoms with E-state index in [1.54, 1.807) is 7.11 Å². The van der Waals surface area contributed by atoms with Gasteiger partial charge in [-0.1, -0.05) is 24.6 Å². The summed E-state index contributed by atoms with van der Waals surface area (Å²) in [5.74, 6) is 1.34. The van der Waals surface area contributed by atoms with E-state index in [2.05, 4.69) is 39.0 Å². The summed E-state index contributed by atoms with van der Waals surface area (Å²) in [6.45, 7) is 6.30. The molecule has 0 N–H and O–H groups in total. The lowest BCUT2D eigenvalue weighted by atomic mass is 9.92. The quantitative estimate of drug-likeness (QED) is 0.770. The standard InChI is InChI=1S/C14H19NO/c1-10-8-12(3)14(16-4)13(9-10)11(2)6-5-7-15/h8-9,11H,5-6H2,1-4H3. The van der Waals surface area contributed by atoms with E-state index in [-0.39, 0.29) is 0 Å². The molecule has 0 aromatic heterocycles. The number of hydrogen-bond donors (Lipinski definition) is 0. The van der Waals surface area contributed by atoms with Crippen molar-refractivity contribution in [3.63, 3.8) is 0 Å². The molecule has 0 aliphatic carbocycles. The summed E-state index contributed by atoms with van der Waals surface area (Å²) in [5, 5.41) is 8.62. The van der Waals surface area contributed by atoms with Crippen molar-refractivity contribution in [2.24, 2.45) is 0 Å². The van der Waals surface area contributed by atoms with Gasteiger partial charge in [0.05, 0.1) is 13.2 Å². The molecule has 0 amide bonds. The molecule has 0 fully saturated rings. The smallest absolute Gasteiger partial charge is 0.125 e. The highest BCUT2D eigenvalue weighted by molar-refractivity contribution is 5.45. The fraction of sp³-hybridized carbons (Fsp3) is 0.500. The molecule has 1 aromatic rings. The van der Waals surface area contributed by atoms with Crippen LogP contribution in [0.2, 0.25) is 0 Å². The van der Waals surface area contributed by atoms with Gasteiger partial charge in [0.15, 0.2) is 0 Å². The zero-order chi connectivity index (χ0) is 12.1. The fourth-order valence-corrected chi connectivity index (χ4v) is 2.07. The van der Waals surface area contributed by atoms with Crippen LogP contribution in [0, 0.1) is 25.2 Å². The molecule has 0 bridgehead atoms. The van der Waals surface area contributed by atoms with Gasteiger partial charge in [-0.2, -0.15) is 5.26 Å². The van der Waals surface area contributed by atoms with Crippen molar-refractivity contribution in [1.29, 1.82) is 5.26 Å². The van der Waals surface area contributed by atoms with Crippen LogP contribution in [0.1, 0.15) is 42.4 Å². The molecule has 0 saturated carbocycles. The van der Waals surface area contributed by atoms with Crippen molar-refractivity contribution in [2.45, 2.75) is 39.5 Å². The Morgan fingerprint density at radius 1 is 1.38 bits per heavy atom. The third-order valence-corrected chi connectivity index (χ3v) is 2.87. The maximum atomic E-state index is 8.62. The number of benzene rings is 1. The number of hydrogen-bond acceptors (Lipinski definition) is 2. The van der Waals surface area contributed by atoms with Crippen molar-refractivity contribution in [1.82, 2.24) is 0 Å². The van der Waals surface area contributed by atoms with Gasteiger partial charge in [-0.25, -0.2) is 0 Å². The normalized spacial score (nSPS) is 11.9. The Kier molecular flexibility index (Phi) is 4.37. The molecule has 1 unspecified atom stereocenters. The molecule has 1 atom stereocenters. The Labute approximate surface area is 97.9 Å². The lowest BCUT2D eigenvalue weighted by molar-refractivity contribution is 0.402. The molecule has 16 heavy (non-hydrogen) atoms. The van der Waals surface area contributed by atoms with Gasteiger partial charge in [-0.15, -0.1) is 0 Å². The Bertz CT molecular complexity index is 404. The minimum Gasteiger partial charge on any atom is -0.496 e. The van der Waals surface area contributed by atoms with Gasteiger partial charge in [-0.05, 0) is 37.3 Å². The van der Waals surface area contributed by atoms with E-state index >= 15 is 0 Å². The van der Waals surface area contributed by atoms with Crippen molar-refractivity contribution in [2.75, 3.05) is 7.11 Å². The number of rotatable bonds is 4. The van der Waals surface area contributed by atoms with Gasteiger partial charge in [0.25, 0.3) is 0 Å². The van der Waals surface area contributed by atoms with E-state index in [4.69, 9.17) is 10.00 Å². The Balaban J connectivity index is 3.06. The minimum absolute atomic E-state index is 0.369. The van der Waals surface area contributed by atoms with Crippen molar-refractivity contribution < 1.29 is 4.74 Å². The third kappa shape index (κ3) is 2.76. The molecule has 2 heteroatoms. The molecular formula is C14H19NO. The first-order valence-corrected chi connectivity index (χ1v) is 5.62. The predicted octanol–water partition coefficient (Wildman–Crippen LogP) is 3.72. The van der Waals surface area contributed by atoms with Crippen LogP contribution in [0.4, 0.5) is 0 Å². The molecule has 0 radical (unpaired) electrons. The van der Waals surface area contributed by atoms with Crippen molar-refractivity contribution in [3.05, 3.63) is 28.8 Å². The summed E-state index contributed by atoms with van der Waals surface area (Å²) in [6.07, 6.45) is 1.48. The van der Waals surface area contributed by atoms with Gasteiger partial charge in [0.2, 0.25) is 0 Å². The Morgan fingerprint density at radius 3 is 2.62 bits per heavy atom. The van der Waals surface area contributed by atoms with Crippen molar-refractivity contribution >= 4 is 0 Å². The average Bonchev–Trinajstić information content (AvgIpc) is 2.24. The molecule has 0 aliphatic rings. The second-order valence-electron chi connectivity index (χ2n) is 4.30. The molecule has 2 nitrogen and oxygen atoms in total. The predicted molar refractivity (Wildman–Crippen MR) is 65.7 cm³/mol. The number of ether oxygens (including phenoxy) is 1. The van der Waals surface area contributed by atoms with Crippen LogP contribution in [-0.2, 0) is 0 Å². The summed E-state index contributed by atoms with van der Waals surface area (Å²) in [4.78, 5) is 0. The summed E-state index contributed by atoms with van der Waals surface area (Å²) in [5.41, 5.74) is 3.63. The topological polar surface area (TPSA) is 33.0 Å². The van der Waals surface area contributed by atoms with E-state index in [0.717, 1.165) is 12.2 Å². The van der Waals surface area contributed by atoms with Crippen LogP contribution in [0.5, 0.6) is 5.75 Å². The molecule has 0 spiro atoms. The summed E-state index contributed by atoms with van der Waals surface area (Å²) < 4.78 is 5.45. The van der Waals surface area contributed by atoms with E-state index in [9.17, 15) is 0 Å². The van der Waals surface area contributed by atoms with Crippen LogP contribution in [-0.4, -0.2) is 7.11 Å². The summed E-state index contributed by atoms with van der Waals surface area (Å²) >= 11 is 0. The van der Waals surface area contributed by atoms with Gasteiger partial charge >= 0.3 is 0 Å². The SMILES string of the molecule is COc1c(C)cc(C)cc1C(C)CCC#N. The first kappa shape index (κ1) is 12.6. The van der Waals surface area contributed by atoms with Crippen LogP contribution < -0.4 is 4.74 Å². The van der Waals surface area contributed by atoms with Crippen LogP contribution in [0.15, 0.2) is 12.1 Å². The Hall–Kier alpha value is -1.49. The molecule has 1 aromatic carbocycles. The first-order valence-electron chi connectivity index (χ1n) is 5.62. The van der Waals surface area contributed by atoms with Gasteiger partial charge < -0.3 is 4.74 Å². The minimum atomic E-state index is 0.369. The highest BCUT2D eigenvalue weighted by Crippen LogP contribution is 2.33. The third-order valence-electron chi connectivity index (χ3n) is 2.87. The second-order valence-corrected chi connectivity index (χ2v) is 4.30. The molecule has 1 rings (SSSR count). The molecule has 0 heterocycles. The zero-order valence-electron chi connectivity index (χ0n) is 10.5. The maximum absolute atomic E-state index is 8.62. The van der Waals surface area contributed by atoms with E-state index in [1.807, 2.05) is 0 Å². The highest BCUT2D eigenvalue weighted by Gasteiger charge is 2.13. The van der Waals surface area contributed by atoms with Crippen LogP contribution >= 0.6 is 0 Å². The average molecular weight is 217 g/mol. The Morgan fingerprint density at radius 2 is 2.06 bits per heavy atom. The van der Waals surface area contributed by atoms with Crippen molar-refractivity contribution in [3.8, 4) is 11.8 Å². The monoisotopic (exact) mass is 217 g/mol. The molecule has 0 aliphatic heterocycles. The van der Waals surface area contributed by atoms with Crippen LogP contribution in [0.25, 0.3) is 0 Å². The zero-order valence-corrected chi connectivity index (χ0v) is 10.5. The summed E-state index contributed by atoms with van der Waals surface area (Å²) in [7, 11) is 1.71. The van der Waals surface area contributed by atoms with Gasteiger partial charge in [0.1, 0.15) is 5.75 Å². The van der Waals surface area contributed by atoms with Gasteiger partial charge in [-0.3, -0.25) is 0 Å². The fourth-order valence-electron chi connectivity index (χ4n) is 2.07. The maximum Gasteiger partial charge on any atom is 0.125 e. The lowest BCUT2D eigenvalue weighted by Crippen LogP contribution is -2.00. The number of nitrogens with zero attached hydrogens (tertiary/aromatic N) is 1. The second kappa shape index (κ2) is 5.55. The molecule has 0 saturated heterocycles. The van der Waals surface area contributed by atoms with Crippen LogP contribution in [0.3, 0.4) is 0 Å². The summed E-state index contributed by atoms with van der Waals surface area (Å²) in [6, 6.07) is 6.48. The number of nitriles is 1. The molecule has 86 valence electrons. The molecular weight excluding hydrogens is 198 g/mol. The van der Waals surface area contributed by atoms with E-state index in [1.165, 1.54) is 16.7 Å². The lowest BCUT2D eigenvalue weighted by Gasteiger charge is -2.17.